The van der Waals surface area contributed by atoms with Crippen LogP contribution in [-0.2, 0) is 9.59 Å². The van der Waals surface area contributed by atoms with Crippen LogP contribution in [0.1, 0.15) is 17.2 Å². The molecule has 0 saturated carbocycles. The van der Waals surface area contributed by atoms with Gasteiger partial charge in [0.05, 0.1) is 37.7 Å². The predicted molar refractivity (Wildman–Crippen MR) is 123 cm³/mol. The molecule has 1 atom stereocenters. The van der Waals surface area contributed by atoms with Gasteiger partial charge in [0.1, 0.15) is 17.3 Å². The van der Waals surface area contributed by atoms with Gasteiger partial charge in [-0.1, -0.05) is 28.1 Å². The van der Waals surface area contributed by atoms with E-state index < -0.39 is 17.7 Å². The van der Waals surface area contributed by atoms with Crippen molar-refractivity contribution in [3.05, 3.63) is 88.2 Å². The Morgan fingerprint density at radius 2 is 1.81 bits per heavy atom. The Morgan fingerprint density at radius 3 is 2.44 bits per heavy atom. The standard InChI is InChI=1S/C24H19BrN2O5/c1-31-17-9-10-19(32-2)18(12-17)21-20(22(28)14-5-7-15(25)8-6-14)23(29)24(30)27(21)16-4-3-11-26-13-16/h3-13,21,28H,1-2H3/t21-/m1/s1. The molecule has 3 aromatic rings. The van der Waals surface area contributed by atoms with E-state index in [1.54, 1.807) is 60.8 Å². The van der Waals surface area contributed by atoms with Gasteiger partial charge in [-0.3, -0.25) is 19.5 Å². The van der Waals surface area contributed by atoms with E-state index in [1.807, 2.05) is 0 Å². The quantitative estimate of drug-likeness (QED) is 0.319. The molecule has 1 fully saturated rings. The topological polar surface area (TPSA) is 89.0 Å². The Kier molecular flexibility index (Phi) is 5.96. The van der Waals surface area contributed by atoms with E-state index in [0.717, 1.165) is 4.47 Å². The summed E-state index contributed by atoms with van der Waals surface area (Å²) >= 11 is 3.36. The first-order chi connectivity index (χ1) is 15.5. The third-order valence-corrected chi connectivity index (χ3v) is 5.75. The molecule has 1 saturated heterocycles. The SMILES string of the molecule is COc1ccc(OC)c([C@@H]2C(=C(O)c3ccc(Br)cc3)C(=O)C(=O)N2c2cccnc2)c1. The van der Waals surface area contributed by atoms with Crippen LogP contribution >= 0.6 is 15.9 Å². The molecule has 0 aliphatic carbocycles. The van der Waals surface area contributed by atoms with Crippen molar-refractivity contribution in [1.82, 2.24) is 4.98 Å². The Labute approximate surface area is 193 Å². The van der Waals surface area contributed by atoms with Gasteiger partial charge in [-0.15, -0.1) is 0 Å². The smallest absolute Gasteiger partial charge is 0.300 e. The number of benzene rings is 2. The number of aliphatic hydroxyl groups is 1. The number of carbonyl (C=O) groups excluding carboxylic acids is 2. The molecule has 8 heteroatoms. The lowest BCUT2D eigenvalue weighted by atomic mass is 9.94. The van der Waals surface area contributed by atoms with Gasteiger partial charge in [0.2, 0.25) is 0 Å². The van der Waals surface area contributed by atoms with Crippen molar-refractivity contribution >= 4 is 39.1 Å². The minimum atomic E-state index is -0.951. The van der Waals surface area contributed by atoms with E-state index in [9.17, 15) is 14.7 Å². The predicted octanol–water partition coefficient (Wildman–Crippen LogP) is 4.49. The minimum Gasteiger partial charge on any atom is -0.507 e. The first kappa shape index (κ1) is 21.6. The van der Waals surface area contributed by atoms with Crippen LogP contribution in [0.15, 0.2) is 77.0 Å². The average Bonchev–Trinajstić information content (AvgIpc) is 3.09. The minimum absolute atomic E-state index is 0.0484. The summed E-state index contributed by atoms with van der Waals surface area (Å²) in [5, 5.41) is 11.2. The molecule has 7 nitrogen and oxygen atoms in total. The lowest BCUT2D eigenvalue weighted by Crippen LogP contribution is -2.29. The van der Waals surface area contributed by atoms with E-state index in [2.05, 4.69) is 20.9 Å². The number of halogens is 1. The van der Waals surface area contributed by atoms with Crippen LogP contribution in [0.2, 0.25) is 0 Å². The molecule has 1 aromatic heterocycles. The summed E-state index contributed by atoms with van der Waals surface area (Å²) in [7, 11) is 3.02. The van der Waals surface area contributed by atoms with Crippen LogP contribution in [0.25, 0.3) is 5.76 Å². The fourth-order valence-electron chi connectivity index (χ4n) is 3.71. The number of aromatic nitrogens is 1. The van der Waals surface area contributed by atoms with Gasteiger partial charge in [0, 0.05) is 21.8 Å². The molecule has 1 aliphatic heterocycles. The molecule has 0 spiro atoms. The summed E-state index contributed by atoms with van der Waals surface area (Å²) in [6.07, 6.45) is 3.06. The number of Topliss-reactive ketones (excluding diaryl/α,β-unsaturated/α-hetero) is 1. The molecule has 1 N–H and O–H groups in total. The van der Waals surface area contributed by atoms with Gasteiger partial charge < -0.3 is 14.6 Å². The number of rotatable bonds is 5. The molecule has 4 rings (SSSR count). The number of ketones is 1. The number of carbonyl (C=O) groups is 2. The van der Waals surface area contributed by atoms with Gasteiger partial charge in [0.25, 0.3) is 11.7 Å². The van der Waals surface area contributed by atoms with E-state index in [4.69, 9.17) is 9.47 Å². The molecule has 1 aliphatic rings. The highest BCUT2D eigenvalue weighted by Gasteiger charge is 2.48. The average molecular weight is 495 g/mol. The van der Waals surface area contributed by atoms with Crippen molar-refractivity contribution in [3.63, 3.8) is 0 Å². The number of aliphatic hydroxyl groups excluding tert-OH is 1. The Bertz CT molecular complexity index is 1210. The zero-order chi connectivity index (χ0) is 22.8. The van der Waals surface area contributed by atoms with E-state index in [-0.39, 0.29) is 11.3 Å². The molecule has 1 amide bonds. The number of amides is 1. The molecule has 0 unspecified atom stereocenters. The van der Waals surface area contributed by atoms with Gasteiger partial charge in [0.15, 0.2) is 0 Å². The molecule has 162 valence electrons. The second-order valence-corrected chi connectivity index (χ2v) is 7.91. The molecule has 2 aromatic carbocycles. The zero-order valence-electron chi connectivity index (χ0n) is 17.3. The second-order valence-electron chi connectivity index (χ2n) is 7.00. The van der Waals surface area contributed by atoms with Crippen molar-refractivity contribution in [2.45, 2.75) is 6.04 Å². The first-order valence-electron chi connectivity index (χ1n) is 9.65. The first-order valence-corrected chi connectivity index (χ1v) is 10.4. The van der Waals surface area contributed by atoms with Crippen molar-refractivity contribution in [2.24, 2.45) is 0 Å². The fraction of sp³-hybridized carbons (Fsp3) is 0.125. The highest BCUT2D eigenvalue weighted by molar-refractivity contribution is 9.10. The summed E-state index contributed by atoms with van der Waals surface area (Å²) < 4.78 is 11.7. The van der Waals surface area contributed by atoms with Gasteiger partial charge in [-0.25, -0.2) is 0 Å². The van der Waals surface area contributed by atoms with Crippen LogP contribution in [0.5, 0.6) is 11.5 Å². The number of pyridine rings is 1. The second kappa shape index (κ2) is 8.84. The van der Waals surface area contributed by atoms with Crippen LogP contribution in [-0.4, -0.2) is 36.0 Å². The van der Waals surface area contributed by atoms with E-state index in [1.165, 1.54) is 25.3 Å². The maximum atomic E-state index is 13.2. The maximum Gasteiger partial charge on any atom is 0.300 e. The maximum absolute atomic E-state index is 13.2. The van der Waals surface area contributed by atoms with E-state index in [0.29, 0.717) is 28.3 Å². The third-order valence-electron chi connectivity index (χ3n) is 5.22. The fourth-order valence-corrected chi connectivity index (χ4v) is 3.97. The summed E-state index contributed by atoms with van der Waals surface area (Å²) in [5.74, 6) is -0.901. The Hall–Kier alpha value is -3.65. The molecule has 2 heterocycles. The summed E-state index contributed by atoms with van der Waals surface area (Å²) in [5.41, 5.74) is 1.27. The highest BCUT2D eigenvalue weighted by atomic mass is 79.9. The van der Waals surface area contributed by atoms with Crippen molar-refractivity contribution < 1.29 is 24.2 Å². The lowest BCUT2D eigenvalue weighted by Gasteiger charge is -2.26. The van der Waals surface area contributed by atoms with E-state index >= 15 is 0 Å². The van der Waals surface area contributed by atoms with Crippen LogP contribution in [0.4, 0.5) is 5.69 Å². The molecule has 0 radical (unpaired) electrons. The number of hydrogen-bond donors (Lipinski definition) is 1. The highest BCUT2D eigenvalue weighted by Crippen LogP contribution is 2.45. The number of hydrogen-bond acceptors (Lipinski definition) is 6. The van der Waals surface area contributed by atoms with Crippen LogP contribution in [0.3, 0.4) is 0 Å². The van der Waals surface area contributed by atoms with Crippen LogP contribution < -0.4 is 14.4 Å². The Balaban J connectivity index is 2.01. The number of anilines is 1. The van der Waals surface area contributed by atoms with Gasteiger partial charge in [-0.2, -0.15) is 0 Å². The largest absolute Gasteiger partial charge is 0.507 e. The molecular formula is C24H19BrN2O5. The normalized spacial score (nSPS) is 17.5. The van der Waals surface area contributed by atoms with Crippen molar-refractivity contribution in [1.29, 1.82) is 0 Å². The number of nitrogens with zero attached hydrogens (tertiary/aromatic N) is 2. The molecular weight excluding hydrogens is 476 g/mol. The molecule has 0 bridgehead atoms. The third kappa shape index (κ3) is 3.73. The van der Waals surface area contributed by atoms with Gasteiger partial charge in [-0.05, 0) is 42.5 Å². The van der Waals surface area contributed by atoms with Crippen molar-refractivity contribution in [2.75, 3.05) is 19.1 Å². The summed E-state index contributed by atoms with van der Waals surface area (Å²) in [4.78, 5) is 31.8. The number of ether oxygens (including phenoxy) is 2. The lowest BCUT2D eigenvalue weighted by molar-refractivity contribution is -0.132. The monoisotopic (exact) mass is 494 g/mol. The summed E-state index contributed by atoms with van der Waals surface area (Å²) in [6.45, 7) is 0. The van der Waals surface area contributed by atoms with Crippen molar-refractivity contribution in [3.8, 4) is 11.5 Å². The zero-order valence-corrected chi connectivity index (χ0v) is 18.9. The Morgan fingerprint density at radius 1 is 1.06 bits per heavy atom. The molecule has 32 heavy (non-hydrogen) atoms. The summed E-state index contributed by atoms with van der Waals surface area (Å²) in [6, 6.07) is 14.3. The number of methoxy groups -OCH3 is 2. The van der Waals surface area contributed by atoms with Crippen LogP contribution in [0, 0.1) is 0 Å². The van der Waals surface area contributed by atoms with Gasteiger partial charge >= 0.3 is 0 Å².